The number of nitrogen functional groups attached to an aromatic ring is 1. The molecule has 1 amide bonds. The number of ether oxygens (including phenoxy) is 1. The molecule has 0 fully saturated rings. The summed E-state index contributed by atoms with van der Waals surface area (Å²) in [7, 11) is 0. The topological polar surface area (TPSA) is 103 Å². The zero-order valence-corrected chi connectivity index (χ0v) is 11.5. The van der Waals surface area contributed by atoms with Crippen LogP contribution in [0.25, 0.3) is 0 Å². The molecule has 6 heteroatoms. The summed E-state index contributed by atoms with van der Waals surface area (Å²) in [5.74, 6) is 0.649. The van der Waals surface area contributed by atoms with Gasteiger partial charge in [0, 0.05) is 13.2 Å². The number of primary amides is 1. The summed E-state index contributed by atoms with van der Waals surface area (Å²) < 4.78 is 5.46. The third-order valence-corrected chi connectivity index (χ3v) is 2.59. The summed E-state index contributed by atoms with van der Waals surface area (Å²) in [5.41, 5.74) is 11.4. The van der Waals surface area contributed by atoms with Crippen molar-refractivity contribution < 1.29 is 9.53 Å². The molecule has 106 valence electrons. The van der Waals surface area contributed by atoms with Crippen LogP contribution in [-0.2, 0) is 4.74 Å². The van der Waals surface area contributed by atoms with Crippen LogP contribution in [0.15, 0.2) is 12.3 Å². The molecular weight excluding hydrogens is 244 g/mol. The fourth-order valence-corrected chi connectivity index (χ4v) is 1.45. The molecule has 19 heavy (non-hydrogen) atoms. The van der Waals surface area contributed by atoms with Gasteiger partial charge in [-0.3, -0.25) is 4.79 Å². The minimum atomic E-state index is -0.559. The molecule has 6 nitrogen and oxygen atoms in total. The summed E-state index contributed by atoms with van der Waals surface area (Å²) in [6, 6.07) is 1.55. The lowest BCUT2D eigenvalue weighted by Crippen LogP contribution is -2.16. The Morgan fingerprint density at radius 3 is 2.84 bits per heavy atom. The maximum absolute atomic E-state index is 11.1. The Morgan fingerprint density at radius 2 is 2.21 bits per heavy atom. The first-order chi connectivity index (χ1) is 9.00. The summed E-state index contributed by atoms with van der Waals surface area (Å²) in [6.07, 6.45) is 2.47. The molecule has 1 aromatic heterocycles. The molecule has 0 unspecified atom stereocenters. The Bertz CT molecular complexity index is 421. The lowest BCUT2D eigenvalue weighted by molar-refractivity contribution is 0.100. The van der Waals surface area contributed by atoms with E-state index in [2.05, 4.69) is 24.1 Å². The van der Waals surface area contributed by atoms with E-state index in [0.717, 1.165) is 13.0 Å². The molecule has 1 heterocycles. The number of pyridine rings is 1. The second-order valence-corrected chi connectivity index (χ2v) is 4.74. The Hall–Kier alpha value is -1.82. The Morgan fingerprint density at radius 1 is 1.47 bits per heavy atom. The van der Waals surface area contributed by atoms with Crippen molar-refractivity contribution in [3.63, 3.8) is 0 Å². The number of nitrogens with two attached hydrogens (primary N) is 2. The average Bonchev–Trinajstić information content (AvgIpc) is 2.34. The van der Waals surface area contributed by atoms with Gasteiger partial charge >= 0.3 is 0 Å². The van der Waals surface area contributed by atoms with Gasteiger partial charge in [0.2, 0.25) is 0 Å². The second-order valence-electron chi connectivity index (χ2n) is 4.74. The second kappa shape index (κ2) is 7.58. The molecule has 0 bridgehead atoms. The number of hydrogen-bond acceptors (Lipinski definition) is 5. The highest BCUT2D eigenvalue weighted by atomic mass is 16.5. The van der Waals surface area contributed by atoms with Gasteiger partial charge in [0.05, 0.1) is 24.1 Å². The van der Waals surface area contributed by atoms with Gasteiger partial charge in [-0.05, 0) is 18.4 Å². The van der Waals surface area contributed by atoms with Crippen LogP contribution >= 0.6 is 0 Å². The van der Waals surface area contributed by atoms with E-state index in [1.165, 1.54) is 6.20 Å². The Balaban J connectivity index is 2.34. The molecule has 0 radical (unpaired) electrons. The van der Waals surface area contributed by atoms with E-state index >= 15 is 0 Å². The van der Waals surface area contributed by atoms with Crippen molar-refractivity contribution in [2.45, 2.75) is 20.3 Å². The predicted molar refractivity (Wildman–Crippen MR) is 75.9 cm³/mol. The first kappa shape index (κ1) is 15.2. The zero-order valence-electron chi connectivity index (χ0n) is 11.5. The summed E-state index contributed by atoms with van der Waals surface area (Å²) >= 11 is 0. The maximum Gasteiger partial charge on any atom is 0.250 e. The van der Waals surface area contributed by atoms with Crippen molar-refractivity contribution in [1.29, 1.82) is 0 Å². The van der Waals surface area contributed by atoms with E-state index in [0.29, 0.717) is 24.9 Å². The van der Waals surface area contributed by atoms with E-state index in [-0.39, 0.29) is 11.3 Å². The van der Waals surface area contributed by atoms with Crippen LogP contribution in [0.5, 0.6) is 0 Å². The predicted octanol–water partition coefficient (Wildman–Crippen LogP) is 1.24. The number of carbonyl (C=O) groups is 1. The van der Waals surface area contributed by atoms with Crippen LogP contribution < -0.4 is 16.8 Å². The molecule has 1 aromatic rings. The first-order valence-corrected chi connectivity index (χ1v) is 6.37. The van der Waals surface area contributed by atoms with Gasteiger partial charge in [-0.25, -0.2) is 4.98 Å². The van der Waals surface area contributed by atoms with Gasteiger partial charge in [-0.15, -0.1) is 0 Å². The van der Waals surface area contributed by atoms with Gasteiger partial charge < -0.3 is 21.5 Å². The molecule has 0 aromatic carbocycles. The quantitative estimate of drug-likeness (QED) is 0.614. The van der Waals surface area contributed by atoms with Crippen LogP contribution in [0.4, 0.5) is 11.5 Å². The van der Waals surface area contributed by atoms with Crippen LogP contribution in [0.3, 0.4) is 0 Å². The third kappa shape index (κ3) is 5.56. The minimum absolute atomic E-state index is 0.276. The minimum Gasteiger partial charge on any atom is -0.397 e. The number of amides is 1. The highest BCUT2D eigenvalue weighted by Gasteiger charge is 2.07. The van der Waals surface area contributed by atoms with Crippen molar-refractivity contribution in [3.05, 3.63) is 17.8 Å². The molecule has 0 atom stereocenters. The molecule has 0 aliphatic heterocycles. The van der Waals surface area contributed by atoms with Gasteiger partial charge in [0.1, 0.15) is 5.82 Å². The fourth-order valence-electron chi connectivity index (χ4n) is 1.45. The van der Waals surface area contributed by atoms with E-state index in [4.69, 9.17) is 16.2 Å². The fraction of sp³-hybridized carbons (Fsp3) is 0.538. The van der Waals surface area contributed by atoms with Gasteiger partial charge in [-0.1, -0.05) is 13.8 Å². The number of hydrogen-bond donors (Lipinski definition) is 3. The van der Waals surface area contributed by atoms with E-state index in [1.807, 2.05) is 0 Å². The van der Waals surface area contributed by atoms with Crippen LogP contribution in [-0.4, -0.2) is 30.6 Å². The Kier molecular flexibility index (Phi) is 6.08. The summed E-state index contributed by atoms with van der Waals surface area (Å²) in [6.45, 7) is 6.27. The number of aromatic nitrogens is 1. The third-order valence-electron chi connectivity index (χ3n) is 2.59. The number of rotatable bonds is 8. The van der Waals surface area contributed by atoms with Crippen molar-refractivity contribution in [2.75, 3.05) is 30.8 Å². The van der Waals surface area contributed by atoms with E-state index in [9.17, 15) is 4.79 Å². The van der Waals surface area contributed by atoms with Gasteiger partial charge in [0.15, 0.2) is 0 Å². The normalized spacial score (nSPS) is 10.7. The summed E-state index contributed by atoms with van der Waals surface area (Å²) in [4.78, 5) is 15.2. The highest BCUT2D eigenvalue weighted by molar-refractivity contribution is 5.98. The van der Waals surface area contributed by atoms with E-state index in [1.54, 1.807) is 6.07 Å². The first-order valence-electron chi connectivity index (χ1n) is 6.37. The molecular formula is C13H22N4O2. The Labute approximate surface area is 113 Å². The van der Waals surface area contributed by atoms with Crippen LogP contribution in [0.2, 0.25) is 0 Å². The average molecular weight is 266 g/mol. The summed E-state index contributed by atoms with van der Waals surface area (Å²) in [5, 5.41) is 3.06. The van der Waals surface area contributed by atoms with Crippen molar-refractivity contribution >= 4 is 17.4 Å². The number of carbonyl (C=O) groups excluding carboxylic acids is 1. The largest absolute Gasteiger partial charge is 0.397 e. The molecule has 1 rings (SSSR count). The van der Waals surface area contributed by atoms with Crippen molar-refractivity contribution in [1.82, 2.24) is 4.98 Å². The van der Waals surface area contributed by atoms with E-state index < -0.39 is 5.91 Å². The number of nitrogens with one attached hydrogen (secondary N) is 1. The highest BCUT2D eigenvalue weighted by Crippen LogP contribution is 2.13. The zero-order chi connectivity index (χ0) is 14.3. The lowest BCUT2D eigenvalue weighted by atomic mass is 10.1. The van der Waals surface area contributed by atoms with Crippen LogP contribution in [0, 0.1) is 5.92 Å². The smallest absolute Gasteiger partial charge is 0.250 e. The molecule has 0 saturated carbocycles. The van der Waals surface area contributed by atoms with Crippen molar-refractivity contribution in [3.8, 4) is 0 Å². The standard InChI is InChI=1S/C13H22N4O2/c1-9(2)3-5-19-6-4-16-12-7-10(13(15)18)11(14)8-17-12/h7-9H,3-6,14H2,1-2H3,(H2,15,18)(H,16,17). The van der Waals surface area contributed by atoms with Gasteiger partial charge in [0.25, 0.3) is 5.91 Å². The number of nitrogens with zero attached hydrogens (tertiary/aromatic N) is 1. The maximum atomic E-state index is 11.1. The lowest BCUT2D eigenvalue weighted by Gasteiger charge is -2.09. The van der Waals surface area contributed by atoms with Crippen molar-refractivity contribution in [2.24, 2.45) is 11.7 Å². The molecule has 0 saturated heterocycles. The SMILES string of the molecule is CC(C)CCOCCNc1cc(C(N)=O)c(N)cn1. The molecule has 0 aliphatic rings. The molecule has 5 N–H and O–H groups in total. The van der Waals surface area contributed by atoms with Crippen LogP contribution in [0.1, 0.15) is 30.6 Å². The van der Waals surface area contributed by atoms with Gasteiger partial charge in [-0.2, -0.15) is 0 Å². The molecule has 0 aliphatic carbocycles. The number of anilines is 2. The monoisotopic (exact) mass is 266 g/mol. The molecule has 0 spiro atoms.